The van der Waals surface area contributed by atoms with Crippen LogP contribution in [0, 0.1) is 11.3 Å². The van der Waals surface area contributed by atoms with Crippen molar-refractivity contribution in [1.29, 1.82) is 5.26 Å². The van der Waals surface area contributed by atoms with Gasteiger partial charge < -0.3 is 11.1 Å². The number of anilines is 3. The lowest BCUT2D eigenvalue weighted by molar-refractivity contribution is -0.144. The minimum atomic E-state index is -4.69. The normalized spacial score (nSPS) is 10.9. The number of hydrogen-bond donors (Lipinski definition) is 2. The van der Waals surface area contributed by atoms with E-state index >= 15 is 0 Å². The van der Waals surface area contributed by atoms with Crippen molar-refractivity contribution in [2.45, 2.75) is 6.18 Å². The number of hydrogen-bond acceptors (Lipinski definition) is 5. The van der Waals surface area contributed by atoms with Crippen LogP contribution in [-0.2, 0) is 6.18 Å². The van der Waals surface area contributed by atoms with E-state index in [2.05, 4.69) is 15.3 Å². The first-order valence-electron chi connectivity index (χ1n) is 5.38. The van der Waals surface area contributed by atoms with Crippen molar-refractivity contribution in [3.05, 3.63) is 41.7 Å². The zero-order chi connectivity index (χ0) is 14.8. The van der Waals surface area contributed by atoms with Crippen molar-refractivity contribution >= 4 is 17.3 Å². The highest BCUT2D eigenvalue weighted by molar-refractivity contribution is 5.65. The second kappa shape index (κ2) is 5.05. The lowest BCUT2D eigenvalue weighted by atomic mass is 10.2. The predicted molar refractivity (Wildman–Crippen MR) is 65.9 cm³/mol. The van der Waals surface area contributed by atoms with E-state index in [0.717, 1.165) is 6.07 Å². The maximum Gasteiger partial charge on any atom is 0.451 e. The monoisotopic (exact) mass is 279 g/mol. The smallest absolute Gasteiger partial charge is 0.384 e. The third-order valence-electron chi connectivity index (χ3n) is 2.31. The quantitative estimate of drug-likeness (QED) is 0.882. The van der Waals surface area contributed by atoms with Gasteiger partial charge in [-0.25, -0.2) is 9.97 Å². The van der Waals surface area contributed by atoms with Gasteiger partial charge in [0.05, 0.1) is 11.3 Å². The molecule has 0 aliphatic carbocycles. The fourth-order valence-electron chi connectivity index (χ4n) is 1.48. The number of nitrogens with one attached hydrogen (secondary N) is 1. The van der Waals surface area contributed by atoms with Gasteiger partial charge in [0.1, 0.15) is 17.7 Å². The molecule has 2 rings (SSSR count). The Morgan fingerprint density at radius 1 is 1.20 bits per heavy atom. The van der Waals surface area contributed by atoms with Gasteiger partial charge >= 0.3 is 6.18 Å². The Hall–Kier alpha value is -2.82. The van der Waals surface area contributed by atoms with Crippen molar-refractivity contribution in [2.75, 3.05) is 11.1 Å². The maximum absolute atomic E-state index is 12.6. The van der Waals surface area contributed by atoms with Gasteiger partial charge in [0.2, 0.25) is 5.82 Å². The summed E-state index contributed by atoms with van der Waals surface area (Å²) in [5, 5.41) is 11.5. The van der Waals surface area contributed by atoms with E-state index < -0.39 is 12.0 Å². The number of halogens is 3. The Bertz CT molecular complexity index is 676. The zero-order valence-electron chi connectivity index (χ0n) is 9.94. The molecule has 0 atom stereocenters. The highest BCUT2D eigenvalue weighted by atomic mass is 19.4. The topological polar surface area (TPSA) is 87.6 Å². The molecule has 0 amide bonds. The SMILES string of the molecule is N#Cc1ccccc1Nc1cc(N)nc(C(F)(F)F)n1. The van der Waals surface area contributed by atoms with Gasteiger partial charge in [0, 0.05) is 6.07 Å². The molecule has 0 saturated heterocycles. The molecule has 0 fully saturated rings. The summed E-state index contributed by atoms with van der Waals surface area (Å²) in [6.07, 6.45) is -4.69. The van der Waals surface area contributed by atoms with E-state index in [1.165, 1.54) is 6.07 Å². The second-order valence-electron chi connectivity index (χ2n) is 3.78. The van der Waals surface area contributed by atoms with Gasteiger partial charge in [-0.2, -0.15) is 18.4 Å². The molecule has 0 radical (unpaired) electrons. The number of nitriles is 1. The van der Waals surface area contributed by atoms with E-state index in [-0.39, 0.29) is 17.2 Å². The number of alkyl halides is 3. The fourth-order valence-corrected chi connectivity index (χ4v) is 1.48. The van der Waals surface area contributed by atoms with Crippen molar-refractivity contribution < 1.29 is 13.2 Å². The number of aromatic nitrogens is 2. The molecule has 8 heteroatoms. The summed E-state index contributed by atoms with van der Waals surface area (Å²) in [7, 11) is 0. The van der Waals surface area contributed by atoms with Crippen LogP contribution in [0.15, 0.2) is 30.3 Å². The molecule has 20 heavy (non-hydrogen) atoms. The lowest BCUT2D eigenvalue weighted by Crippen LogP contribution is -2.13. The molecule has 1 heterocycles. The molecule has 0 aliphatic rings. The Labute approximate surface area is 111 Å². The summed E-state index contributed by atoms with van der Waals surface area (Å²) in [4.78, 5) is 6.46. The Morgan fingerprint density at radius 3 is 2.55 bits per heavy atom. The van der Waals surface area contributed by atoms with Crippen molar-refractivity contribution in [3.8, 4) is 6.07 Å². The number of rotatable bonds is 2. The minimum absolute atomic E-state index is 0.132. The molecule has 5 nitrogen and oxygen atoms in total. The highest BCUT2D eigenvalue weighted by Gasteiger charge is 2.35. The first-order valence-corrected chi connectivity index (χ1v) is 5.38. The Morgan fingerprint density at radius 2 is 1.90 bits per heavy atom. The number of benzene rings is 1. The molecule has 102 valence electrons. The van der Waals surface area contributed by atoms with Crippen LogP contribution in [0.5, 0.6) is 0 Å². The Kier molecular flexibility index (Phi) is 3.43. The van der Waals surface area contributed by atoms with Crippen LogP contribution in [0.2, 0.25) is 0 Å². The van der Waals surface area contributed by atoms with Gasteiger partial charge in [0.25, 0.3) is 0 Å². The average Bonchev–Trinajstić information content (AvgIpc) is 2.37. The molecule has 3 N–H and O–H groups in total. The van der Waals surface area contributed by atoms with Gasteiger partial charge in [0.15, 0.2) is 0 Å². The maximum atomic E-state index is 12.6. The van der Waals surface area contributed by atoms with E-state index in [9.17, 15) is 13.2 Å². The summed E-state index contributed by atoms with van der Waals surface area (Å²) in [5.41, 5.74) is 5.93. The van der Waals surface area contributed by atoms with Crippen LogP contribution in [-0.4, -0.2) is 9.97 Å². The number of nitrogen functional groups attached to an aromatic ring is 1. The molecule has 0 aliphatic heterocycles. The molecule has 0 spiro atoms. The number of para-hydroxylation sites is 1. The van der Waals surface area contributed by atoms with Crippen LogP contribution in [0.25, 0.3) is 0 Å². The van der Waals surface area contributed by atoms with Gasteiger partial charge in [-0.3, -0.25) is 0 Å². The minimum Gasteiger partial charge on any atom is -0.384 e. The van der Waals surface area contributed by atoms with Crippen LogP contribution in [0.1, 0.15) is 11.4 Å². The molecular weight excluding hydrogens is 271 g/mol. The molecule has 2 aromatic rings. The van der Waals surface area contributed by atoms with Crippen molar-refractivity contribution in [1.82, 2.24) is 9.97 Å². The predicted octanol–water partition coefficient (Wildman–Crippen LogP) is 2.69. The van der Waals surface area contributed by atoms with Gasteiger partial charge in [-0.15, -0.1) is 0 Å². The standard InChI is InChI=1S/C12H8F3N5/c13-12(14,15)11-19-9(17)5-10(20-11)18-8-4-2-1-3-7(8)6-16/h1-5H,(H3,17,18,19,20). The van der Waals surface area contributed by atoms with E-state index in [4.69, 9.17) is 11.0 Å². The van der Waals surface area contributed by atoms with Gasteiger partial charge in [-0.05, 0) is 12.1 Å². The summed E-state index contributed by atoms with van der Waals surface area (Å²) in [6, 6.07) is 9.42. The molecule has 0 bridgehead atoms. The Balaban J connectivity index is 2.40. The van der Waals surface area contributed by atoms with E-state index in [0.29, 0.717) is 5.69 Å². The molecule has 0 saturated carbocycles. The second-order valence-corrected chi connectivity index (χ2v) is 3.78. The first-order chi connectivity index (χ1) is 9.40. The van der Waals surface area contributed by atoms with Crippen LogP contribution in [0.3, 0.4) is 0 Å². The van der Waals surface area contributed by atoms with E-state index in [1.807, 2.05) is 6.07 Å². The van der Waals surface area contributed by atoms with Gasteiger partial charge in [-0.1, -0.05) is 12.1 Å². The molecule has 0 unspecified atom stereocenters. The first kappa shape index (κ1) is 13.6. The zero-order valence-corrected chi connectivity index (χ0v) is 9.94. The molecule has 1 aromatic heterocycles. The fraction of sp³-hybridized carbons (Fsp3) is 0.0833. The summed E-state index contributed by atoms with van der Waals surface area (Å²) in [6.45, 7) is 0. The van der Waals surface area contributed by atoms with E-state index in [1.54, 1.807) is 18.2 Å². The third-order valence-corrected chi connectivity index (χ3v) is 2.31. The third kappa shape index (κ3) is 2.95. The average molecular weight is 279 g/mol. The highest BCUT2D eigenvalue weighted by Crippen LogP contribution is 2.28. The lowest BCUT2D eigenvalue weighted by Gasteiger charge is -2.10. The number of nitrogens with two attached hydrogens (primary N) is 1. The van der Waals surface area contributed by atoms with Crippen LogP contribution < -0.4 is 11.1 Å². The summed E-state index contributed by atoms with van der Waals surface area (Å²) < 4.78 is 37.7. The summed E-state index contributed by atoms with van der Waals surface area (Å²) in [5.74, 6) is -1.79. The van der Waals surface area contributed by atoms with Crippen molar-refractivity contribution in [2.24, 2.45) is 0 Å². The number of nitrogens with zero attached hydrogens (tertiary/aromatic N) is 3. The molecular formula is C12H8F3N5. The van der Waals surface area contributed by atoms with Crippen LogP contribution >= 0.6 is 0 Å². The largest absolute Gasteiger partial charge is 0.451 e. The molecule has 1 aromatic carbocycles. The summed E-state index contributed by atoms with van der Waals surface area (Å²) >= 11 is 0. The van der Waals surface area contributed by atoms with Crippen LogP contribution in [0.4, 0.5) is 30.5 Å². The van der Waals surface area contributed by atoms with Crippen molar-refractivity contribution in [3.63, 3.8) is 0 Å².